The first-order valence-corrected chi connectivity index (χ1v) is 6.26. The molecule has 0 amide bonds. The highest BCUT2D eigenvalue weighted by Crippen LogP contribution is 2.34. The van der Waals surface area contributed by atoms with Crippen molar-refractivity contribution in [2.45, 2.75) is 25.4 Å². The van der Waals surface area contributed by atoms with Gasteiger partial charge in [0.05, 0.1) is 11.0 Å². The van der Waals surface area contributed by atoms with E-state index in [4.69, 9.17) is 0 Å². The molecule has 0 heterocycles. The molecule has 1 fully saturated rings. The Hall–Kier alpha value is -0.690. The molecule has 1 saturated carbocycles. The monoisotopic (exact) mass is 333 g/mol. The molecule has 4 nitrogen and oxygen atoms in total. The molecule has 1 aliphatic rings. The molecule has 0 bridgehead atoms. The maximum atomic E-state index is 10.6. The number of nitrogens with zero attached hydrogens (tertiary/aromatic N) is 1. The van der Waals surface area contributed by atoms with E-state index >= 15 is 0 Å². The number of benzene rings is 1. The van der Waals surface area contributed by atoms with E-state index in [2.05, 4.69) is 22.6 Å². The van der Waals surface area contributed by atoms with E-state index in [1.54, 1.807) is 12.1 Å². The molecule has 1 aromatic rings. The van der Waals surface area contributed by atoms with E-state index in [1.807, 2.05) is 0 Å². The molecule has 86 valence electrons. The molecule has 16 heavy (non-hydrogen) atoms. The summed E-state index contributed by atoms with van der Waals surface area (Å²) in [5.74, 6) is 0.436. The van der Waals surface area contributed by atoms with E-state index < -0.39 is 4.92 Å². The zero-order valence-corrected chi connectivity index (χ0v) is 10.8. The third kappa shape index (κ3) is 2.70. The van der Waals surface area contributed by atoms with Gasteiger partial charge in [0.1, 0.15) is 0 Å². The number of nitro groups is 1. The summed E-state index contributed by atoms with van der Waals surface area (Å²) in [7, 11) is 0. The molecule has 1 atom stereocenters. The molecule has 0 aromatic heterocycles. The average Bonchev–Trinajstić information content (AvgIpc) is 3.03. The number of aliphatic hydroxyl groups is 1. The summed E-state index contributed by atoms with van der Waals surface area (Å²) >= 11 is 2.08. The van der Waals surface area contributed by atoms with Gasteiger partial charge in [-0.25, -0.2) is 0 Å². The number of hydrogen-bond acceptors (Lipinski definition) is 3. The molecule has 0 aliphatic heterocycles. The molecule has 2 rings (SSSR count). The van der Waals surface area contributed by atoms with Crippen LogP contribution in [0.1, 0.15) is 18.4 Å². The topological polar surface area (TPSA) is 63.4 Å². The van der Waals surface area contributed by atoms with Gasteiger partial charge in [0, 0.05) is 15.7 Å². The van der Waals surface area contributed by atoms with Crippen LogP contribution >= 0.6 is 22.6 Å². The Bertz CT molecular complexity index is 418. The number of halogens is 1. The van der Waals surface area contributed by atoms with Gasteiger partial charge in [-0.1, -0.05) is 6.07 Å². The number of aliphatic hydroxyl groups excluding tert-OH is 1. The number of rotatable bonds is 4. The third-order valence-corrected chi connectivity index (χ3v) is 3.85. The summed E-state index contributed by atoms with van der Waals surface area (Å²) in [6.45, 7) is 0. The summed E-state index contributed by atoms with van der Waals surface area (Å²) in [5, 5.41) is 20.4. The Kier molecular flexibility index (Phi) is 3.44. The molecule has 0 spiro atoms. The molecule has 0 saturated heterocycles. The first-order valence-electron chi connectivity index (χ1n) is 5.19. The van der Waals surface area contributed by atoms with Gasteiger partial charge in [0.15, 0.2) is 0 Å². The number of nitro benzene ring substituents is 1. The summed E-state index contributed by atoms with van der Waals surface area (Å²) < 4.78 is 0.853. The number of non-ortho nitro benzene ring substituents is 1. The van der Waals surface area contributed by atoms with Gasteiger partial charge < -0.3 is 5.11 Å². The molecule has 1 N–H and O–H groups in total. The van der Waals surface area contributed by atoms with Gasteiger partial charge in [0.25, 0.3) is 5.69 Å². The fraction of sp³-hybridized carbons (Fsp3) is 0.455. The number of hydrogen-bond donors (Lipinski definition) is 1. The van der Waals surface area contributed by atoms with Crippen molar-refractivity contribution in [1.29, 1.82) is 0 Å². The van der Waals surface area contributed by atoms with Gasteiger partial charge in [-0.05, 0) is 53.3 Å². The Balaban J connectivity index is 2.12. The van der Waals surface area contributed by atoms with Crippen molar-refractivity contribution in [3.8, 4) is 0 Å². The van der Waals surface area contributed by atoms with Crippen molar-refractivity contribution in [1.82, 2.24) is 0 Å². The van der Waals surface area contributed by atoms with Crippen molar-refractivity contribution in [3.63, 3.8) is 0 Å². The molecule has 5 heteroatoms. The standard InChI is InChI=1S/C11H12INO3/c12-10-6-9(13(15)16)4-3-8(10)5-11(14)7-1-2-7/h3-4,6-7,11,14H,1-2,5H2. The second-order valence-electron chi connectivity index (χ2n) is 4.14. The van der Waals surface area contributed by atoms with Crippen LogP contribution in [-0.2, 0) is 6.42 Å². The van der Waals surface area contributed by atoms with Crippen LogP contribution in [0.25, 0.3) is 0 Å². The van der Waals surface area contributed by atoms with Crippen LogP contribution in [0.2, 0.25) is 0 Å². The predicted octanol–water partition coefficient (Wildman–Crippen LogP) is 2.51. The summed E-state index contributed by atoms with van der Waals surface area (Å²) in [5.41, 5.74) is 1.10. The fourth-order valence-electron chi connectivity index (χ4n) is 1.69. The predicted molar refractivity (Wildman–Crippen MR) is 68.2 cm³/mol. The SMILES string of the molecule is O=[N+]([O-])c1ccc(CC(O)C2CC2)c(I)c1. The van der Waals surface area contributed by atoms with Crippen molar-refractivity contribution < 1.29 is 10.0 Å². The zero-order chi connectivity index (χ0) is 11.7. The maximum Gasteiger partial charge on any atom is 0.270 e. The minimum Gasteiger partial charge on any atom is -0.392 e. The van der Waals surface area contributed by atoms with Gasteiger partial charge in [-0.15, -0.1) is 0 Å². The lowest BCUT2D eigenvalue weighted by molar-refractivity contribution is -0.385. The van der Waals surface area contributed by atoms with Crippen LogP contribution in [-0.4, -0.2) is 16.1 Å². The van der Waals surface area contributed by atoms with E-state index in [0.29, 0.717) is 12.3 Å². The smallest absolute Gasteiger partial charge is 0.270 e. The van der Waals surface area contributed by atoms with Crippen LogP contribution in [0.4, 0.5) is 5.69 Å². The van der Waals surface area contributed by atoms with Crippen molar-refractivity contribution in [2.75, 3.05) is 0 Å². The van der Waals surface area contributed by atoms with Crippen LogP contribution in [0, 0.1) is 19.6 Å². The average molecular weight is 333 g/mol. The highest BCUT2D eigenvalue weighted by atomic mass is 127. The Labute approximate surface area is 107 Å². The molecular formula is C11H12INO3. The highest BCUT2D eigenvalue weighted by Gasteiger charge is 2.30. The fourth-order valence-corrected chi connectivity index (χ4v) is 2.41. The first kappa shape index (κ1) is 11.8. The van der Waals surface area contributed by atoms with Gasteiger partial charge in [0.2, 0.25) is 0 Å². The normalized spacial score (nSPS) is 17.1. The highest BCUT2D eigenvalue weighted by molar-refractivity contribution is 14.1. The van der Waals surface area contributed by atoms with Crippen molar-refractivity contribution in [2.24, 2.45) is 5.92 Å². The lowest BCUT2D eigenvalue weighted by Gasteiger charge is -2.10. The van der Waals surface area contributed by atoms with Crippen molar-refractivity contribution in [3.05, 3.63) is 37.4 Å². The summed E-state index contributed by atoms with van der Waals surface area (Å²) in [4.78, 5) is 10.2. The lowest BCUT2D eigenvalue weighted by Crippen LogP contribution is -2.13. The minimum absolute atomic E-state index is 0.106. The Morgan fingerprint density at radius 2 is 2.25 bits per heavy atom. The van der Waals surface area contributed by atoms with Gasteiger partial charge in [-0.3, -0.25) is 10.1 Å². The minimum atomic E-state index is -0.400. The Morgan fingerprint density at radius 1 is 1.56 bits per heavy atom. The molecule has 1 aliphatic carbocycles. The van der Waals surface area contributed by atoms with Gasteiger partial charge >= 0.3 is 0 Å². The zero-order valence-electron chi connectivity index (χ0n) is 8.60. The summed E-state index contributed by atoms with van der Waals surface area (Å²) in [6, 6.07) is 4.79. The van der Waals surface area contributed by atoms with Crippen LogP contribution in [0.3, 0.4) is 0 Å². The van der Waals surface area contributed by atoms with Crippen LogP contribution in [0.5, 0.6) is 0 Å². The maximum absolute atomic E-state index is 10.6. The molecule has 1 aromatic carbocycles. The quantitative estimate of drug-likeness (QED) is 0.523. The molecule has 0 radical (unpaired) electrons. The van der Waals surface area contributed by atoms with Gasteiger partial charge in [-0.2, -0.15) is 0 Å². The van der Waals surface area contributed by atoms with E-state index in [0.717, 1.165) is 22.0 Å². The first-order chi connectivity index (χ1) is 7.58. The Morgan fingerprint density at radius 3 is 2.75 bits per heavy atom. The van der Waals surface area contributed by atoms with E-state index in [9.17, 15) is 15.2 Å². The van der Waals surface area contributed by atoms with Crippen LogP contribution in [0.15, 0.2) is 18.2 Å². The van der Waals surface area contributed by atoms with E-state index in [-0.39, 0.29) is 11.8 Å². The van der Waals surface area contributed by atoms with Crippen LogP contribution < -0.4 is 0 Å². The van der Waals surface area contributed by atoms with E-state index in [1.165, 1.54) is 6.07 Å². The third-order valence-electron chi connectivity index (χ3n) is 2.84. The lowest BCUT2D eigenvalue weighted by atomic mass is 10.0. The molecular weight excluding hydrogens is 321 g/mol. The second-order valence-corrected chi connectivity index (χ2v) is 5.30. The second kappa shape index (κ2) is 4.67. The van der Waals surface area contributed by atoms with Crippen molar-refractivity contribution >= 4 is 28.3 Å². The molecule has 1 unspecified atom stereocenters. The summed E-state index contributed by atoms with van der Waals surface area (Å²) in [6.07, 6.45) is 2.51. The largest absolute Gasteiger partial charge is 0.392 e.